The summed E-state index contributed by atoms with van der Waals surface area (Å²) in [6.07, 6.45) is 12.0. The third kappa shape index (κ3) is 4.80. The number of nitrogens with one attached hydrogen (secondary N) is 1. The molecule has 0 bridgehead atoms. The van der Waals surface area contributed by atoms with E-state index >= 15 is 0 Å². The summed E-state index contributed by atoms with van der Waals surface area (Å²) < 4.78 is 3.76. The Bertz CT molecular complexity index is 1320. The molecule has 1 aliphatic carbocycles. The van der Waals surface area contributed by atoms with Crippen LogP contribution in [0.4, 0.5) is 0 Å². The normalized spacial score (nSPS) is 14.5. The van der Waals surface area contributed by atoms with Crippen molar-refractivity contribution in [1.29, 1.82) is 0 Å². The van der Waals surface area contributed by atoms with Crippen molar-refractivity contribution in [2.45, 2.75) is 70.9 Å². The molecule has 3 heterocycles. The highest BCUT2D eigenvalue weighted by atomic mass is 35.5. The molecule has 0 atom stereocenters. The molecule has 1 N–H and O–H groups in total. The Hall–Kier alpha value is -3.26. The molecule has 8 nitrogen and oxygen atoms in total. The minimum Gasteiger partial charge on any atom is -0.290 e. The zero-order valence-electron chi connectivity index (χ0n) is 20.0. The first-order chi connectivity index (χ1) is 17.2. The van der Waals surface area contributed by atoms with Gasteiger partial charge in [-0.25, -0.2) is 9.89 Å². The fourth-order valence-corrected chi connectivity index (χ4v) is 5.47. The van der Waals surface area contributed by atoms with Crippen LogP contribution in [0.5, 0.6) is 0 Å². The van der Waals surface area contributed by atoms with Crippen molar-refractivity contribution in [3.63, 3.8) is 0 Å². The van der Waals surface area contributed by atoms with Crippen molar-refractivity contribution in [3.8, 4) is 22.5 Å². The number of pyridine rings is 1. The maximum absolute atomic E-state index is 13.6. The van der Waals surface area contributed by atoms with E-state index < -0.39 is 0 Å². The van der Waals surface area contributed by atoms with Gasteiger partial charge >= 0.3 is 5.69 Å². The Morgan fingerprint density at radius 1 is 1.09 bits per heavy atom. The van der Waals surface area contributed by atoms with E-state index in [0.717, 1.165) is 72.9 Å². The predicted molar refractivity (Wildman–Crippen MR) is 136 cm³/mol. The first-order valence-electron chi connectivity index (χ1n) is 12.4. The number of aromatic amines is 1. The summed E-state index contributed by atoms with van der Waals surface area (Å²) in [5.74, 6) is 0.572. The number of H-pyrrole nitrogens is 1. The van der Waals surface area contributed by atoms with Crippen LogP contribution in [0.1, 0.15) is 69.2 Å². The van der Waals surface area contributed by atoms with Gasteiger partial charge in [-0.2, -0.15) is 0 Å². The third-order valence-corrected chi connectivity index (χ3v) is 7.35. The minimum absolute atomic E-state index is 0.0197. The summed E-state index contributed by atoms with van der Waals surface area (Å²) in [5, 5.41) is 14.8. The van der Waals surface area contributed by atoms with E-state index in [1.807, 2.05) is 15.2 Å². The van der Waals surface area contributed by atoms with Gasteiger partial charge in [0.15, 0.2) is 5.82 Å². The van der Waals surface area contributed by atoms with Gasteiger partial charge < -0.3 is 0 Å². The summed E-state index contributed by atoms with van der Waals surface area (Å²) in [6.45, 7) is 2.67. The number of unbranched alkanes of at least 4 members (excludes halogenated alkanes) is 1. The Kier molecular flexibility index (Phi) is 7.08. The van der Waals surface area contributed by atoms with Gasteiger partial charge in [-0.05, 0) is 58.9 Å². The van der Waals surface area contributed by atoms with Crippen LogP contribution < -0.4 is 5.69 Å². The van der Waals surface area contributed by atoms with Gasteiger partial charge in [0.25, 0.3) is 0 Å². The van der Waals surface area contributed by atoms with E-state index in [1.54, 1.807) is 12.4 Å². The summed E-state index contributed by atoms with van der Waals surface area (Å²) in [4.78, 5) is 17.8. The molecule has 0 saturated heterocycles. The van der Waals surface area contributed by atoms with Crippen molar-refractivity contribution in [2.75, 3.05) is 0 Å². The SMILES string of the molecule is CCCCc1c(Cl)n(C2CCCCC2)c(=O)n1Cc1ccc(-c2ccncc2-c2nnn[nH]2)cc1. The Balaban J connectivity index is 1.45. The van der Waals surface area contributed by atoms with Gasteiger partial charge in [0.1, 0.15) is 5.15 Å². The number of hydrogen-bond donors (Lipinski definition) is 1. The highest BCUT2D eigenvalue weighted by molar-refractivity contribution is 6.30. The highest BCUT2D eigenvalue weighted by Crippen LogP contribution is 2.32. The largest absolute Gasteiger partial charge is 0.330 e. The van der Waals surface area contributed by atoms with Crippen LogP contribution in [0.15, 0.2) is 47.5 Å². The first kappa shape index (κ1) is 23.5. The van der Waals surface area contributed by atoms with E-state index in [9.17, 15) is 4.79 Å². The van der Waals surface area contributed by atoms with Crippen molar-refractivity contribution >= 4 is 11.6 Å². The molecule has 182 valence electrons. The molecule has 0 aliphatic heterocycles. The third-order valence-electron chi connectivity index (χ3n) is 6.95. The molecule has 35 heavy (non-hydrogen) atoms. The maximum Gasteiger partial charge on any atom is 0.330 e. The molecule has 1 fully saturated rings. The highest BCUT2D eigenvalue weighted by Gasteiger charge is 2.25. The predicted octanol–water partition coefficient (Wildman–Crippen LogP) is 5.44. The van der Waals surface area contributed by atoms with Gasteiger partial charge in [-0.1, -0.05) is 68.5 Å². The zero-order chi connectivity index (χ0) is 24.2. The van der Waals surface area contributed by atoms with Crippen LogP contribution in [-0.2, 0) is 13.0 Å². The van der Waals surface area contributed by atoms with Crippen LogP contribution in [0, 0.1) is 0 Å². The van der Waals surface area contributed by atoms with Crippen molar-refractivity contribution in [1.82, 2.24) is 34.7 Å². The van der Waals surface area contributed by atoms with Crippen LogP contribution in [0.25, 0.3) is 22.5 Å². The molecule has 0 spiro atoms. The summed E-state index contributed by atoms with van der Waals surface area (Å²) >= 11 is 6.86. The molecule has 0 unspecified atom stereocenters. The second-order valence-corrected chi connectivity index (χ2v) is 9.60. The number of hydrogen-bond acceptors (Lipinski definition) is 5. The molecule has 1 saturated carbocycles. The van der Waals surface area contributed by atoms with E-state index in [0.29, 0.717) is 17.5 Å². The molecular weight excluding hydrogens is 462 g/mol. The fraction of sp³-hybridized carbons (Fsp3) is 0.423. The molecule has 0 radical (unpaired) electrons. The first-order valence-corrected chi connectivity index (χ1v) is 12.8. The number of imidazole rings is 1. The number of aromatic nitrogens is 7. The lowest BCUT2D eigenvalue weighted by Crippen LogP contribution is -2.29. The molecule has 1 aromatic carbocycles. The summed E-state index contributed by atoms with van der Waals surface area (Å²) in [6, 6.07) is 10.4. The Morgan fingerprint density at radius 2 is 1.89 bits per heavy atom. The Labute approximate surface area is 209 Å². The minimum atomic E-state index is 0.0197. The average Bonchev–Trinajstić information content (AvgIpc) is 3.51. The van der Waals surface area contributed by atoms with Crippen LogP contribution in [-0.4, -0.2) is 34.7 Å². The lowest BCUT2D eigenvalue weighted by Gasteiger charge is -2.22. The van der Waals surface area contributed by atoms with Crippen LogP contribution in [0.3, 0.4) is 0 Å². The topological polar surface area (TPSA) is 94.3 Å². The quantitative estimate of drug-likeness (QED) is 0.354. The van der Waals surface area contributed by atoms with Crippen molar-refractivity contribution in [2.24, 2.45) is 0 Å². The number of nitrogens with zero attached hydrogens (tertiary/aromatic N) is 6. The van der Waals surface area contributed by atoms with Gasteiger partial charge in [0.2, 0.25) is 0 Å². The molecule has 9 heteroatoms. The van der Waals surface area contributed by atoms with E-state index in [-0.39, 0.29) is 11.7 Å². The van der Waals surface area contributed by atoms with E-state index in [2.05, 4.69) is 56.8 Å². The standard InChI is InChI=1S/C26H30ClN7O/c1-2-3-9-23-24(27)34(20-7-5-4-6-8-20)26(35)33(23)17-18-10-12-19(13-11-18)21-14-15-28-16-22(21)25-29-31-32-30-25/h10-16,20H,2-9,17H2,1H3,(H,29,30,31,32). The lowest BCUT2D eigenvalue weighted by molar-refractivity contribution is 0.344. The van der Waals surface area contributed by atoms with Gasteiger partial charge in [-0.15, -0.1) is 5.10 Å². The van der Waals surface area contributed by atoms with Crippen LogP contribution in [0.2, 0.25) is 5.15 Å². The van der Waals surface area contributed by atoms with E-state index in [4.69, 9.17) is 11.6 Å². The Morgan fingerprint density at radius 3 is 2.60 bits per heavy atom. The van der Waals surface area contributed by atoms with Gasteiger partial charge in [0, 0.05) is 24.0 Å². The lowest BCUT2D eigenvalue weighted by atomic mass is 9.95. The zero-order valence-corrected chi connectivity index (χ0v) is 20.7. The molecule has 0 amide bonds. The number of halogens is 1. The molecular formula is C26H30ClN7O. The number of rotatable bonds is 8. The van der Waals surface area contributed by atoms with Crippen molar-refractivity contribution < 1.29 is 0 Å². The molecule has 4 aromatic rings. The average molecular weight is 492 g/mol. The van der Waals surface area contributed by atoms with Crippen molar-refractivity contribution in [3.05, 3.63) is 69.6 Å². The second-order valence-electron chi connectivity index (χ2n) is 9.24. The van der Waals surface area contributed by atoms with Crippen LogP contribution >= 0.6 is 11.6 Å². The number of benzene rings is 1. The van der Waals surface area contributed by atoms with Gasteiger partial charge in [-0.3, -0.25) is 14.1 Å². The molecule has 1 aliphatic rings. The number of tetrazole rings is 1. The maximum atomic E-state index is 13.6. The van der Waals surface area contributed by atoms with E-state index in [1.165, 1.54) is 6.42 Å². The second kappa shape index (κ2) is 10.6. The molecule has 5 rings (SSSR count). The molecule has 3 aromatic heterocycles. The smallest absolute Gasteiger partial charge is 0.290 e. The van der Waals surface area contributed by atoms with Gasteiger partial charge in [0.05, 0.1) is 12.2 Å². The summed E-state index contributed by atoms with van der Waals surface area (Å²) in [5.41, 5.74) is 4.88. The fourth-order valence-electron chi connectivity index (χ4n) is 5.06. The monoisotopic (exact) mass is 491 g/mol. The summed E-state index contributed by atoms with van der Waals surface area (Å²) in [7, 11) is 0.